The van der Waals surface area contributed by atoms with Gasteiger partial charge in [-0.2, -0.15) is 0 Å². The zero-order valence-corrected chi connectivity index (χ0v) is 12.3. The third kappa shape index (κ3) is 3.00. The van der Waals surface area contributed by atoms with E-state index >= 15 is 0 Å². The normalized spacial score (nSPS) is 13.0. The summed E-state index contributed by atoms with van der Waals surface area (Å²) in [6.07, 6.45) is 7.37. The van der Waals surface area contributed by atoms with Crippen LogP contribution in [0, 0.1) is 0 Å². The van der Waals surface area contributed by atoms with E-state index in [2.05, 4.69) is 28.4 Å². The minimum absolute atomic E-state index is 0.378. The molecule has 0 saturated heterocycles. The maximum absolute atomic E-state index is 6.08. The number of hydrogen-bond acceptors (Lipinski definition) is 3. The van der Waals surface area contributed by atoms with Crippen molar-refractivity contribution in [2.24, 2.45) is 0 Å². The van der Waals surface area contributed by atoms with Gasteiger partial charge in [-0.05, 0) is 18.9 Å². The summed E-state index contributed by atoms with van der Waals surface area (Å²) >= 11 is 5.95. The number of nitrogens with zero attached hydrogens (tertiary/aromatic N) is 3. The number of fused-ring (bicyclic) bond motifs is 1. The highest BCUT2D eigenvalue weighted by molar-refractivity contribution is 6.31. The summed E-state index contributed by atoms with van der Waals surface area (Å²) in [5, 5.41) is 0.595. The molecule has 0 radical (unpaired) electrons. The summed E-state index contributed by atoms with van der Waals surface area (Å²) in [7, 11) is 0. The number of pyridine rings is 1. The van der Waals surface area contributed by atoms with Gasteiger partial charge in [-0.3, -0.25) is 4.57 Å². The second kappa shape index (κ2) is 6.24. The molecule has 19 heavy (non-hydrogen) atoms. The Balaban J connectivity index is 2.42. The van der Waals surface area contributed by atoms with E-state index in [9.17, 15) is 0 Å². The molecule has 2 N–H and O–H groups in total. The number of hydrogen-bond donors (Lipinski definition) is 1. The van der Waals surface area contributed by atoms with E-state index in [-0.39, 0.29) is 0 Å². The summed E-state index contributed by atoms with van der Waals surface area (Å²) in [5.74, 6) is 0.541. The summed E-state index contributed by atoms with van der Waals surface area (Å²) in [4.78, 5) is 8.78. The molecule has 2 aromatic rings. The Bertz CT molecular complexity index is 550. The number of unbranched alkanes of at least 4 members (excludes halogenated alkanes) is 1. The fraction of sp³-hybridized carbons (Fsp3) is 0.571. The number of nitrogens with two attached hydrogens (primary N) is 1. The zero-order valence-electron chi connectivity index (χ0n) is 11.6. The van der Waals surface area contributed by atoms with Crippen LogP contribution in [0.3, 0.4) is 0 Å². The van der Waals surface area contributed by atoms with Gasteiger partial charge in [-0.25, -0.2) is 9.97 Å². The Hall–Kier alpha value is -1.29. The summed E-state index contributed by atoms with van der Waals surface area (Å²) in [6, 6.07) is 2.20. The number of rotatable bonds is 6. The van der Waals surface area contributed by atoms with Crippen LogP contribution in [0.25, 0.3) is 11.2 Å². The maximum atomic E-state index is 6.08. The Kier molecular flexibility index (Phi) is 4.64. The highest BCUT2D eigenvalue weighted by Gasteiger charge is 2.18. The first-order valence-electron chi connectivity index (χ1n) is 6.96. The van der Waals surface area contributed by atoms with Gasteiger partial charge < -0.3 is 5.73 Å². The van der Waals surface area contributed by atoms with Crippen molar-refractivity contribution in [2.45, 2.75) is 52.0 Å². The van der Waals surface area contributed by atoms with Gasteiger partial charge in [0.2, 0.25) is 5.95 Å². The molecule has 0 saturated carbocycles. The Labute approximate surface area is 119 Å². The molecular weight excluding hydrogens is 260 g/mol. The van der Waals surface area contributed by atoms with E-state index < -0.39 is 0 Å². The van der Waals surface area contributed by atoms with Crippen molar-refractivity contribution < 1.29 is 0 Å². The zero-order chi connectivity index (χ0) is 13.8. The third-order valence-corrected chi connectivity index (χ3v) is 3.61. The molecule has 0 aliphatic heterocycles. The highest BCUT2D eigenvalue weighted by Crippen LogP contribution is 2.29. The van der Waals surface area contributed by atoms with Crippen molar-refractivity contribution in [1.82, 2.24) is 14.5 Å². The van der Waals surface area contributed by atoms with Crippen molar-refractivity contribution in [3.05, 3.63) is 17.3 Å². The smallest absolute Gasteiger partial charge is 0.202 e. The van der Waals surface area contributed by atoms with Crippen molar-refractivity contribution in [3.63, 3.8) is 0 Å². The molecule has 0 spiro atoms. The summed E-state index contributed by atoms with van der Waals surface area (Å²) in [6.45, 7) is 4.40. The highest BCUT2D eigenvalue weighted by atomic mass is 35.5. The average molecular weight is 281 g/mol. The molecule has 0 amide bonds. The SMILES string of the molecule is CCCCC(CCC)n1c(N)nc2cc(Cl)cnc21. The monoisotopic (exact) mass is 280 g/mol. The number of aromatic nitrogens is 3. The molecule has 1 atom stereocenters. The molecule has 5 heteroatoms. The maximum Gasteiger partial charge on any atom is 0.202 e. The minimum Gasteiger partial charge on any atom is -0.369 e. The molecule has 0 fully saturated rings. The Morgan fingerprint density at radius 2 is 2.11 bits per heavy atom. The van der Waals surface area contributed by atoms with Gasteiger partial charge in [-0.1, -0.05) is 44.7 Å². The van der Waals surface area contributed by atoms with Gasteiger partial charge >= 0.3 is 0 Å². The lowest BCUT2D eigenvalue weighted by atomic mass is 10.0. The van der Waals surface area contributed by atoms with Crippen LogP contribution in [0.2, 0.25) is 5.02 Å². The van der Waals surface area contributed by atoms with Gasteiger partial charge in [0.05, 0.1) is 5.02 Å². The lowest BCUT2D eigenvalue weighted by molar-refractivity contribution is 0.428. The number of imidazole rings is 1. The van der Waals surface area contributed by atoms with E-state index in [1.54, 1.807) is 6.20 Å². The molecule has 2 rings (SSSR count). The molecule has 4 nitrogen and oxygen atoms in total. The first kappa shape index (κ1) is 14.1. The van der Waals surface area contributed by atoms with Crippen LogP contribution in [0.4, 0.5) is 5.95 Å². The van der Waals surface area contributed by atoms with Crippen LogP contribution in [-0.2, 0) is 0 Å². The van der Waals surface area contributed by atoms with Crippen LogP contribution in [0.5, 0.6) is 0 Å². The van der Waals surface area contributed by atoms with Gasteiger partial charge in [0.1, 0.15) is 5.52 Å². The lowest BCUT2D eigenvalue weighted by Gasteiger charge is -2.19. The largest absolute Gasteiger partial charge is 0.369 e. The molecule has 2 aromatic heterocycles. The van der Waals surface area contributed by atoms with Crippen molar-refractivity contribution in [3.8, 4) is 0 Å². The predicted molar refractivity (Wildman–Crippen MR) is 80.4 cm³/mol. The molecule has 0 aliphatic carbocycles. The molecule has 2 heterocycles. The van der Waals surface area contributed by atoms with Gasteiger partial charge in [0.15, 0.2) is 5.65 Å². The molecule has 1 unspecified atom stereocenters. The van der Waals surface area contributed by atoms with Crippen molar-refractivity contribution in [2.75, 3.05) is 5.73 Å². The second-order valence-electron chi connectivity index (χ2n) is 4.92. The van der Waals surface area contributed by atoms with Gasteiger partial charge in [0, 0.05) is 12.2 Å². The summed E-state index contributed by atoms with van der Waals surface area (Å²) in [5.41, 5.74) is 7.70. The quantitative estimate of drug-likeness (QED) is 0.863. The van der Waals surface area contributed by atoms with E-state index in [0.29, 0.717) is 17.0 Å². The van der Waals surface area contributed by atoms with Crippen LogP contribution < -0.4 is 5.73 Å². The Morgan fingerprint density at radius 1 is 1.32 bits per heavy atom. The van der Waals surface area contributed by atoms with E-state index in [1.165, 1.54) is 12.8 Å². The molecule has 104 valence electrons. The standard InChI is InChI=1S/C14H21ClN4/c1-3-5-7-11(6-4-2)19-13-12(18-14(19)16)8-10(15)9-17-13/h8-9,11H,3-7H2,1-2H3,(H2,16,18). The molecule has 0 bridgehead atoms. The van der Waals surface area contributed by atoms with Crippen molar-refractivity contribution in [1.29, 1.82) is 0 Å². The third-order valence-electron chi connectivity index (χ3n) is 3.40. The van der Waals surface area contributed by atoms with Crippen LogP contribution >= 0.6 is 11.6 Å². The predicted octanol–water partition coefficient (Wildman–Crippen LogP) is 4.20. The number of anilines is 1. The lowest BCUT2D eigenvalue weighted by Crippen LogP contribution is -2.12. The first-order valence-corrected chi connectivity index (χ1v) is 7.34. The van der Waals surface area contributed by atoms with Crippen LogP contribution in [0.1, 0.15) is 52.0 Å². The fourth-order valence-electron chi connectivity index (χ4n) is 2.51. The van der Waals surface area contributed by atoms with E-state index in [0.717, 1.165) is 30.4 Å². The number of halogens is 1. The number of nitrogen functional groups attached to an aromatic ring is 1. The van der Waals surface area contributed by atoms with Gasteiger partial charge in [0.25, 0.3) is 0 Å². The van der Waals surface area contributed by atoms with Gasteiger partial charge in [-0.15, -0.1) is 0 Å². The second-order valence-corrected chi connectivity index (χ2v) is 5.36. The van der Waals surface area contributed by atoms with Crippen LogP contribution in [0.15, 0.2) is 12.3 Å². The Morgan fingerprint density at radius 3 is 2.79 bits per heavy atom. The minimum atomic E-state index is 0.378. The summed E-state index contributed by atoms with van der Waals surface area (Å²) < 4.78 is 2.07. The van der Waals surface area contributed by atoms with Crippen LogP contribution in [-0.4, -0.2) is 14.5 Å². The molecule has 0 aromatic carbocycles. The average Bonchev–Trinajstić information content (AvgIpc) is 2.69. The molecule has 0 aliphatic rings. The topological polar surface area (TPSA) is 56.7 Å². The van der Waals surface area contributed by atoms with E-state index in [4.69, 9.17) is 17.3 Å². The first-order chi connectivity index (χ1) is 9.17. The molecular formula is C14H21ClN4. The van der Waals surface area contributed by atoms with Crippen molar-refractivity contribution >= 4 is 28.7 Å². The fourth-order valence-corrected chi connectivity index (χ4v) is 2.66. The van der Waals surface area contributed by atoms with E-state index in [1.807, 2.05) is 6.07 Å².